The molecule has 0 atom stereocenters. The first-order chi connectivity index (χ1) is 3.41. The molecule has 37 valence electrons. The van der Waals surface area contributed by atoms with E-state index in [-0.39, 0.29) is 6.61 Å². The Bertz CT molecular complexity index is 80.6. The largest absolute Gasteiger partial charge is 0.456 e. The third-order valence-electron chi connectivity index (χ3n) is 0.407. The summed E-state index contributed by atoms with van der Waals surface area (Å²) in [5.74, 6) is 2.30. The highest BCUT2D eigenvalue weighted by Gasteiger charge is 1.76. The second-order valence-corrected chi connectivity index (χ2v) is 0.886. The van der Waals surface area contributed by atoms with Crippen molar-refractivity contribution in [2.45, 2.75) is 6.42 Å². The first-order valence-corrected chi connectivity index (χ1v) is 1.84. The van der Waals surface area contributed by atoms with Gasteiger partial charge in [-0.2, -0.15) is 0 Å². The maximum absolute atomic E-state index is 9.26. The molecule has 0 aliphatic rings. The van der Waals surface area contributed by atoms with Crippen LogP contribution in [0, 0.1) is 12.3 Å². The summed E-state index contributed by atoms with van der Waals surface area (Å²) < 4.78 is 4.13. The predicted octanol–water partition coefficient (Wildman–Crippen LogP) is 0.0935. The van der Waals surface area contributed by atoms with Crippen molar-refractivity contribution >= 4 is 6.47 Å². The lowest BCUT2D eigenvalue weighted by Gasteiger charge is -1.84. The lowest BCUT2D eigenvalue weighted by molar-refractivity contribution is 0.286. The molecule has 0 saturated heterocycles. The molecule has 0 aromatic carbocycles. The van der Waals surface area contributed by atoms with Gasteiger partial charge in [0.15, 0.2) is 0 Å². The molecule has 0 unspecified atom stereocenters. The van der Waals surface area contributed by atoms with Crippen LogP contribution in [0.5, 0.6) is 0 Å². The summed E-state index contributed by atoms with van der Waals surface area (Å²) in [5, 5.41) is 0. The summed E-state index contributed by atoms with van der Waals surface area (Å²) in [4.78, 5) is 9.26. The van der Waals surface area contributed by atoms with E-state index in [4.69, 9.17) is 6.42 Å². The lowest BCUT2D eigenvalue weighted by Crippen LogP contribution is -1.87. The molecule has 2 nitrogen and oxygen atoms in total. The third-order valence-corrected chi connectivity index (χ3v) is 0.407. The van der Waals surface area contributed by atoms with Crippen LogP contribution >= 0.6 is 0 Å². The van der Waals surface area contributed by atoms with Gasteiger partial charge in [0.2, 0.25) is 0 Å². The number of carbonyl (C=O) groups excluding carboxylic acids is 1. The molecule has 0 aliphatic heterocycles. The molecule has 0 bridgehead atoms. The second kappa shape index (κ2) is 5.03. The molecular weight excluding hydrogens is 92.1 g/mol. The zero-order valence-corrected chi connectivity index (χ0v) is 3.81. The summed E-state index contributed by atoms with van der Waals surface area (Å²) in [7, 11) is 0. The van der Waals surface area contributed by atoms with Crippen molar-refractivity contribution in [1.82, 2.24) is 0 Å². The van der Waals surface area contributed by atoms with Gasteiger partial charge in [-0.1, -0.05) is 0 Å². The number of hydrogen-bond acceptors (Lipinski definition) is 2. The smallest absolute Gasteiger partial charge is 0.417 e. The van der Waals surface area contributed by atoms with Crippen LogP contribution in [-0.4, -0.2) is 13.1 Å². The third kappa shape index (κ3) is 5.03. The summed E-state index contributed by atoms with van der Waals surface area (Å²) in [6.45, 7) is 1.53. The number of terminal acetylenes is 1. The van der Waals surface area contributed by atoms with E-state index in [1.807, 2.05) is 0 Å². The zero-order chi connectivity index (χ0) is 5.54. The Kier molecular flexibility index (Phi) is 4.33. The second-order valence-electron chi connectivity index (χ2n) is 0.886. The van der Waals surface area contributed by atoms with Gasteiger partial charge >= 0.3 is 6.47 Å². The monoisotopic (exact) mass is 97.0 g/mol. The molecule has 7 heavy (non-hydrogen) atoms. The zero-order valence-electron chi connectivity index (χ0n) is 3.81. The molecule has 0 rings (SSSR count). The van der Waals surface area contributed by atoms with Gasteiger partial charge in [0.25, 0.3) is 0 Å². The van der Waals surface area contributed by atoms with Crippen molar-refractivity contribution in [3.63, 3.8) is 0 Å². The molecule has 1 radical (unpaired) electrons. The van der Waals surface area contributed by atoms with Crippen molar-refractivity contribution in [2.75, 3.05) is 6.61 Å². The number of rotatable bonds is 3. The van der Waals surface area contributed by atoms with E-state index in [2.05, 4.69) is 10.7 Å². The molecule has 0 amide bonds. The molecule has 0 aromatic heterocycles. The molecule has 0 aliphatic carbocycles. The average Bonchev–Trinajstić information content (AvgIpc) is 1.69. The fraction of sp³-hybridized carbons (Fsp3) is 0.400. The molecule has 0 N–H and O–H groups in total. The highest BCUT2D eigenvalue weighted by molar-refractivity contribution is 5.38. The van der Waals surface area contributed by atoms with Gasteiger partial charge in [-0.05, 0) is 0 Å². The average molecular weight is 97.1 g/mol. The molecule has 0 saturated carbocycles. The van der Waals surface area contributed by atoms with Crippen LogP contribution in [0.15, 0.2) is 0 Å². The van der Waals surface area contributed by atoms with Crippen molar-refractivity contribution in [3.8, 4) is 12.3 Å². The standard InChI is InChI=1S/C5H5O2/c1-2-3-4-7-5-6/h1H,3-4H2. The molecule has 0 heterocycles. The summed E-state index contributed by atoms with van der Waals surface area (Å²) in [6, 6.07) is 0. The van der Waals surface area contributed by atoms with E-state index in [1.54, 1.807) is 0 Å². The van der Waals surface area contributed by atoms with E-state index in [9.17, 15) is 4.79 Å². The van der Waals surface area contributed by atoms with Crippen molar-refractivity contribution in [2.24, 2.45) is 0 Å². The maximum atomic E-state index is 9.26. The van der Waals surface area contributed by atoms with Gasteiger partial charge < -0.3 is 4.74 Å². The highest BCUT2D eigenvalue weighted by Crippen LogP contribution is 1.72. The van der Waals surface area contributed by atoms with Gasteiger partial charge in [-0.15, -0.1) is 12.3 Å². The summed E-state index contributed by atoms with van der Waals surface area (Å²) in [5.41, 5.74) is 0. The van der Waals surface area contributed by atoms with Crippen LogP contribution in [0.3, 0.4) is 0 Å². The van der Waals surface area contributed by atoms with Gasteiger partial charge in [0.05, 0.1) is 0 Å². The van der Waals surface area contributed by atoms with Gasteiger partial charge in [0, 0.05) is 6.42 Å². The van der Waals surface area contributed by atoms with Crippen molar-refractivity contribution in [3.05, 3.63) is 0 Å². The van der Waals surface area contributed by atoms with Crippen LogP contribution in [0.2, 0.25) is 0 Å². The quantitative estimate of drug-likeness (QED) is 0.368. The van der Waals surface area contributed by atoms with E-state index in [0.29, 0.717) is 6.42 Å². The Morgan fingerprint density at radius 2 is 2.43 bits per heavy atom. The fourth-order valence-corrected chi connectivity index (χ4v) is 0.152. The van der Waals surface area contributed by atoms with Crippen LogP contribution in [0.1, 0.15) is 6.42 Å². The van der Waals surface area contributed by atoms with Crippen LogP contribution in [-0.2, 0) is 9.53 Å². The summed E-state index contributed by atoms with van der Waals surface area (Å²) in [6.07, 6.45) is 5.28. The summed E-state index contributed by atoms with van der Waals surface area (Å²) >= 11 is 0. The molecule has 0 aromatic rings. The lowest BCUT2D eigenvalue weighted by atomic mass is 10.5. The van der Waals surface area contributed by atoms with Crippen LogP contribution in [0.4, 0.5) is 0 Å². The molecular formula is C5H5O2. The van der Waals surface area contributed by atoms with E-state index in [1.165, 1.54) is 6.47 Å². The number of hydrogen-bond donors (Lipinski definition) is 0. The number of ether oxygens (including phenoxy) is 1. The highest BCUT2D eigenvalue weighted by atomic mass is 16.5. The minimum absolute atomic E-state index is 0.278. The van der Waals surface area contributed by atoms with Crippen molar-refractivity contribution < 1.29 is 9.53 Å². The van der Waals surface area contributed by atoms with E-state index < -0.39 is 0 Å². The van der Waals surface area contributed by atoms with Crippen LogP contribution < -0.4 is 0 Å². The Hall–Kier alpha value is -0.970. The van der Waals surface area contributed by atoms with Gasteiger partial charge in [-0.25, -0.2) is 4.79 Å². The van der Waals surface area contributed by atoms with E-state index >= 15 is 0 Å². The Labute approximate surface area is 42.5 Å². The topological polar surface area (TPSA) is 26.3 Å². The first-order valence-electron chi connectivity index (χ1n) is 1.84. The SMILES string of the molecule is C#CCCO[C]=O. The molecule has 0 fully saturated rings. The molecule has 0 spiro atoms. The van der Waals surface area contributed by atoms with Gasteiger partial charge in [0.1, 0.15) is 6.61 Å². The fourth-order valence-electron chi connectivity index (χ4n) is 0.152. The molecule has 2 heteroatoms. The van der Waals surface area contributed by atoms with Crippen molar-refractivity contribution in [1.29, 1.82) is 0 Å². The predicted molar refractivity (Wildman–Crippen MR) is 25.1 cm³/mol. The first kappa shape index (κ1) is 6.03. The minimum atomic E-state index is 0.278. The van der Waals surface area contributed by atoms with E-state index in [0.717, 1.165) is 0 Å². The Balaban J connectivity index is 2.72. The van der Waals surface area contributed by atoms with Crippen LogP contribution in [0.25, 0.3) is 0 Å². The Morgan fingerprint density at radius 3 is 2.86 bits per heavy atom. The Morgan fingerprint density at radius 1 is 1.71 bits per heavy atom. The normalized spacial score (nSPS) is 6.71. The minimum Gasteiger partial charge on any atom is -0.456 e. The van der Waals surface area contributed by atoms with Gasteiger partial charge in [-0.3, -0.25) is 0 Å². The maximum Gasteiger partial charge on any atom is 0.417 e.